The molecule has 0 aliphatic rings. The van der Waals surface area contributed by atoms with Crippen molar-refractivity contribution in [3.63, 3.8) is 0 Å². The van der Waals surface area contributed by atoms with E-state index in [2.05, 4.69) is 0 Å². The van der Waals surface area contributed by atoms with Crippen molar-refractivity contribution in [2.75, 3.05) is 14.2 Å². The van der Waals surface area contributed by atoms with Crippen molar-refractivity contribution >= 4 is 10.0 Å². The number of nitrogens with zero attached hydrogens (tertiary/aromatic N) is 1. The number of aryl methyl sites for hydroxylation is 2. The molecule has 0 atom stereocenters. The minimum atomic E-state index is -3.58. The third-order valence-corrected chi connectivity index (χ3v) is 5.41. The molecular formula is C15H19NO4S. The fraction of sp³-hybridized carbons (Fsp3) is 0.333. The van der Waals surface area contributed by atoms with E-state index >= 15 is 0 Å². The van der Waals surface area contributed by atoms with Gasteiger partial charge < -0.3 is 9.15 Å². The molecule has 1 aromatic carbocycles. The SMILES string of the molecule is COc1cc(C)c(S(=O)(=O)N(C)Cc2ccco2)c(C)c1. The van der Waals surface area contributed by atoms with Gasteiger partial charge in [0.15, 0.2) is 0 Å². The molecule has 5 nitrogen and oxygen atoms in total. The molecular weight excluding hydrogens is 290 g/mol. The van der Waals surface area contributed by atoms with Gasteiger partial charge in [-0.25, -0.2) is 8.42 Å². The Bertz CT molecular complexity index is 697. The van der Waals surface area contributed by atoms with Crippen LogP contribution in [-0.2, 0) is 16.6 Å². The Morgan fingerprint density at radius 3 is 2.33 bits per heavy atom. The first-order valence-corrected chi connectivity index (χ1v) is 7.94. The number of benzene rings is 1. The predicted molar refractivity (Wildman–Crippen MR) is 79.8 cm³/mol. The zero-order valence-electron chi connectivity index (χ0n) is 12.6. The lowest BCUT2D eigenvalue weighted by molar-refractivity contribution is 0.404. The number of hydrogen-bond acceptors (Lipinski definition) is 4. The van der Waals surface area contributed by atoms with Crippen LogP contribution < -0.4 is 4.74 Å². The lowest BCUT2D eigenvalue weighted by Crippen LogP contribution is -2.27. The maximum Gasteiger partial charge on any atom is 0.243 e. The number of furan rings is 1. The van der Waals surface area contributed by atoms with E-state index in [4.69, 9.17) is 9.15 Å². The number of hydrogen-bond donors (Lipinski definition) is 0. The Kier molecular flexibility index (Phi) is 4.39. The molecule has 0 aliphatic carbocycles. The van der Waals surface area contributed by atoms with Crippen LogP contribution in [0.4, 0.5) is 0 Å². The summed E-state index contributed by atoms with van der Waals surface area (Å²) in [6.45, 7) is 3.73. The zero-order chi connectivity index (χ0) is 15.6. The Morgan fingerprint density at radius 2 is 1.86 bits per heavy atom. The van der Waals surface area contributed by atoms with Gasteiger partial charge in [0.1, 0.15) is 11.5 Å². The van der Waals surface area contributed by atoms with Gasteiger partial charge in [0.05, 0.1) is 24.8 Å². The highest BCUT2D eigenvalue weighted by Gasteiger charge is 2.26. The maximum atomic E-state index is 12.7. The van der Waals surface area contributed by atoms with Gasteiger partial charge in [0.2, 0.25) is 10.0 Å². The van der Waals surface area contributed by atoms with Crippen LogP contribution in [0.1, 0.15) is 16.9 Å². The normalized spacial score (nSPS) is 11.9. The Balaban J connectivity index is 2.39. The topological polar surface area (TPSA) is 59.8 Å². The molecule has 0 aliphatic heterocycles. The quantitative estimate of drug-likeness (QED) is 0.852. The minimum absolute atomic E-state index is 0.195. The molecule has 0 spiro atoms. The molecule has 21 heavy (non-hydrogen) atoms. The monoisotopic (exact) mass is 309 g/mol. The molecule has 114 valence electrons. The summed E-state index contributed by atoms with van der Waals surface area (Å²) in [6.07, 6.45) is 1.53. The van der Waals surface area contributed by atoms with Gasteiger partial charge >= 0.3 is 0 Å². The van der Waals surface area contributed by atoms with Crippen LogP contribution in [0, 0.1) is 13.8 Å². The average molecular weight is 309 g/mol. The van der Waals surface area contributed by atoms with Crippen molar-refractivity contribution in [2.24, 2.45) is 0 Å². The van der Waals surface area contributed by atoms with Crippen molar-refractivity contribution in [3.8, 4) is 5.75 Å². The third kappa shape index (κ3) is 3.11. The number of rotatable bonds is 5. The Hall–Kier alpha value is -1.79. The lowest BCUT2D eigenvalue weighted by Gasteiger charge is -2.19. The van der Waals surface area contributed by atoms with Gasteiger partial charge in [0, 0.05) is 7.05 Å². The fourth-order valence-corrected chi connectivity index (χ4v) is 3.84. The fourth-order valence-electron chi connectivity index (χ4n) is 2.30. The number of methoxy groups -OCH3 is 1. The number of sulfonamides is 1. The van der Waals surface area contributed by atoms with Crippen molar-refractivity contribution in [1.29, 1.82) is 0 Å². The van der Waals surface area contributed by atoms with Crippen LogP contribution in [0.2, 0.25) is 0 Å². The summed E-state index contributed by atoms with van der Waals surface area (Å²) in [5.74, 6) is 1.25. The van der Waals surface area contributed by atoms with Gasteiger partial charge in [-0.3, -0.25) is 0 Å². The predicted octanol–water partition coefficient (Wildman–Crippen LogP) is 2.73. The Labute approximate surface area is 125 Å². The second-order valence-electron chi connectivity index (χ2n) is 4.93. The van der Waals surface area contributed by atoms with E-state index in [0.29, 0.717) is 27.5 Å². The molecule has 0 saturated carbocycles. The second-order valence-corrected chi connectivity index (χ2v) is 6.91. The van der Waals surface area contributed by atoms with Crippen molar-refractivity contribution in [3.05, 3.63) is 47.4 Å². The van der Waals surface area contributed by atoms with E-state index in [1.807, 2.05) is 0 Å². The van der Waals surface area contributed by atoms with Gasteiger partial charge in [-0.2, -0.15) is 4.31 Å². The first kappa shape index (κ1) is 15.6. The minimum Gasteiger partial charge on any atom is -0.497 e. The summed E-state index contributed by atoms with van der Waals surface area (Å²) >= 11 is 0. The smallest absolute Gasteiger partial charge is 0.243 e. The number of ether oxygens (including phenoxy) is 1. The van der Waals surface area contributed by atoms with Gasteiger partial charge in [-0.15, -0.1) is 0 Å². The van der Waals surface area contributed by atoms with Crippen LogP contribution in [0.15, 0.2) is 39.8 Å². The molecule has 1 aromatic heterocycles. The largest absolute Gasteiger partial charge is 0.497 e. The van der Waals surface area contributed by atoms with Gasteiger partial charge in [-0.05, 0) is 49.2 Å². The summed E-state index contributed by atoms with van der Waals surface area (Å²) in [5, 5.41) is 0. The molecule has 1 heterocycles. The molecule has 6 heteroatoms. The molecule has 0 unspecified atom stereocenters. The molecule has 0 amide bonds. The van der Waals surface area contributed by atoms with Crippen molar-refractivity contribution in [2.45, 2.75) is 25.3 Å². The molecule has 0 N–H and O–H groups in total. The summed E-state index contributed by atoms with van der Waals surface area (Å²) in [5.41, 5.74) is 1.33. The standard InChI is InChI=1S/C15H19NO4S/c1-11-8-14(19-4)9-12(2)15(11)21(17,18)16(3)10-13-6-5-7-20-13/h5-9H,10H2,1-4H3. The summed E-state index contributed by atoms with van der Waals surface area (Å²) in [7, 11) is -0.480. The molecule has 2 aromatic rings. The Morgan fingerprint density at radius 1 is 1.24 bits per heavy atom. The highest BCUT2D eigenvalue weighted by Crippen LogP contribution is 2.28. The van der Waals surface area contributed by atoms with E-state index in [1.165, 1.54) is 10.6 Å². The van der Waals surface area contributed by atoms with Crippen LogP contribution in [-0.4, -0.2) is 26.9 Å². The van der Waals surface area contributed by atoms with E-state index in [9.17, 15) is 8.42 Å². The van der Waals surface area contributed by atoms with Gasteiger partial charge in [-0.1, -0.05) is 0 Å². The van der Waals surface area contributed by atoms with E-state index in [-0.39, 0.29) is 6.54 Å². The van der Waals surface area contributed by atoms with Crippen LogP contribution in [0.3, 0.4) is 0 Å². The van der Waals surface area contributed by atoms with E-state index in [0.717, 1.165) is 0 Å². The lowest BCUT2D eigenvalue weighted by atomic mass is 10.1. The molecule has 2 rings (SSSR count). The maximum absolute atomic E-state index is 12.7. The summed E-state index contributed by atoms with van der Waals surface area (Å²) in [6, 6.07) is 6.93. The van der Waals surface area contributed by atoms with Crippen LogP contribution in [0.5, 0.6) is 5.75 Å². The third-order valence-electron chi connectivity index (χ3n) is 3.30. The summed E-state index contributed by atoms with van der Waals surface area (Å²) < 4.78 is 37.1. The first-order valence-electron chi connectivity index (χ1n) is 6.50. The van der Waals surface area contributed by atoms with Crippen LogP contribution >= 0.6 is 0 Å². The van der Waals surface area contributed by atoms with Crippen LogP contribution in [0.25, 0.3) is 0 Å². The van der Waals surface area contributed by atoms with Gasteiger partial charge in [0.25, 0.3) is 0 Å². The molecule has 0 bridgehead atoms. The van der Waals surface area contributed by atoms with E-state index < -0.39 is 10.0 Å². The summed E-state index contributed by atoms with van der Waals surface area (Å²) in [4.78, 5) is 0.317. The molecule has 0 fully saturated rings. The highest BCUT2D eigenvalue weighted by molar-refractivity contribution is 7.89. The average Bonchev–Trinajstić information content (AvgIpc) is 2.90. The van der Waals surface area contributed by atoms with Crippen molar-refractivity contribution < 1.29 is 17.6 Å². The molecule has 0 saturated heterocycles. The second kappa shape index (κ2) is 5.91. The van der Waals surface area contributed by atoms with E-state index in [1.54, 1.807) is 52.3 Å². The zero-order valence-corrected chi connectivity index (χ0v) is 13.4. The van der Waals surface area contributed by atoms with Crippen molar-refractivity contribution in [1.82, 2.24) is 4.31 Å². The highest BCUT2D eigenvalue weighted by atomic mass is 32.2. The molecule has 0 radical (unpaired) electrons. The first-order chi connectivity index (χ1) is 9.86.